The molecule has 3 heterocycles. The number of benzene rings is 6. The van der Waals surface area contributed by atoms with Crippen LogP contribution in [0.1, 0.15) is 162 Å². The van der Waals surface area contributed by atoms with Crippen molar-refractivity contribution in [1.29, 1.82) is 0 Å². The Balaban J connectivity index is 1.29. The van der Waals surface area contributed by atoms with Crippen molar-refractivity contribution in [3.8, 4) is 11.1 Å². The average Bonchev–Trinajstić information content (AvgIpc) is 3.67. The lowest BCUT2D eigenvalue weighted by Crippen LogP contribution is -2.61. The molecule has 4 aliphatic rings. The van der Waals surface area contributed by atoms with Crippen molar-refractivity contribution in [2.75, 3.05) is 9.80 Å². The molecular formula is C65H77BN2SSi. The Morgan fingerprint density at radius 2 is 1.03 bits per heavy atom. The minimum atomic E-state index is -0.992. The van der Waals surface area contributed by atoms with E-state index < -0.39 is 8.80 Å². The maximum absolute atomic E-state index is 2.78. The first kappa shape index (κ1) is 47.5. The summed E-state index contributed by atoms with van der Waals surface area (Å²) in [5, 5.41) is 2.88. The first-order chi connectivity index (χ1) is 32.7. The predicted octanol–water partition coefficient (Wildman–Crippen LogP) is 15.9. The number of anilines is 6. The first-order valence-electron chi connectivity index (χ1n) is 26.6. The number of nitrogens with zero attached hydrogens (tertiary/aromatic N) is 2. The number of thiophene rings is 1. The van der Waals surface area contributed by atoms with Crippen molar-refractivity contribution in [2.24, 2.45) is 0 Å². The summed E-state index contributed by atoms with van der Waals surface area (Å²) in [6.45, 7) is 41.4. The highest BCUT2D eigenvalue weighted by Gasteiger charge is 2.49. The SMILES string of the molecule is Cc1cc2c3c(c1)N(c1ccc(C(C)(C)C)cc1)c1c(sc4ccc(C(C)(C)C)cc14)B3c1cc3c(cc1N2c1cc2c(cc1-c1ccc([SiH](C)C)cc1)C(C)(C)CCC2(C)C)C(C)(C)CCC3(C)C. The second-order valence-electron chi connectivity index (χ2n) is 27.1. The molecule has 70 heavy (non-hydrogen) atoms. The molecule has 6 aromatic carbocycles. The van der Waals surface area contributed by atoms with Crippen LogP contribution in [0.15, 0.2) is 103 Å². The van der Waals surface area contributed by atoms with Crippen LogP contribution in [0.25, 0.3) is 21.2 Å². The van der Waals surface area contributed by atoms with Gasteiger partial charge in [-0.1, -0.05) is 164 Å². The van der Waals surface area contributed by atoms with Crippen molar-refractivity contribution in [1.82, 2.24) is 0 Å². The van der Waals surface area contributed by atoms with Gasteiger partial charge in [0.05, 0.1) is 20.2 Å². The molecule has 1 aromatic heterocycles. The Bertz CT molecular complexity index is 3280. The third-order valence-corrected chi connectivity index (χ3v) is 20.7. The fourth-order valence-corrected chi connectivity index (χ4v) is 15.1. The van der Waals surface area contributed by atoms with Crippen molar-refractivity contribution >= 4 is 91.9 Å². The number of hydrogen-bond acceptors (Lipinski definition) is 3. The molecule has 5 heteroatoms. The second-order valence-corrected chi connectivity index (χ2v) is 31.1. The summed E-state index contributed by atoms with van der Waals surface area (Å²) in [7, 11) is -0.992. The molecule has 0 amide bonds. The van der Waals surface area contributed by atoms with E-state index in [-0.39, 0.29) is 39.2 Å². The number of rotatable bonds is 4. The van der Waals surface area contributed by atoms with Crippen molar-refractivity contribution < 1.29 is 0 Å². The third kappa shape index (κ3) is 7.36. The fraction of sp³-hybridized carbons (Fsp3) is 0.415. The summed E-state index contributed by atoms with van der Waals surface area (Å²) in [4.78, 5) is 5.46. The molecule has 2 aliphatic carbocycles. The Kier molecular flexibility index (Phi) is 10.6. The summed E-state index contributed by atoms with van der Waals surface area (Å²) in [5.74, 6) is 0. The maximum atomic E-state index is 2.78. The van der Waals surface area contributed by atoms with Crippen LogP contribution in [0.2, 0.25) is 13.1 Å². The zero-order valence-electron chi connectivity index (χ0n) is 45.6. The Hall–Kier alpha value is -4.84. The highest BCUT2D eigenvalue weighted by atomic mass is 32.1. The largest absolute Gasteiger partial charge is 0.311 e. The Morgan fingerprint density at radius 3 is 1.57 bits per heavy atom. The van der Waals surface area contributed by atoms with E-state index in [0.717, 1.165) is 0 Å². The van der Waals surface area contributed by atoms with E-state index >= 15 is 0 Å². The van der Waals surface area contributed by atoms with Crippen LogP contribution >= 0.6 is 11.3 Å². The molecule has 360 valence electrons. The van der Waals surface area contributed by atoms with Gasteiger partial charge in [0.2, 0.25) is 0 Å². The van der Waals surface area contributed by atoms with E-state index in [2.05, 4.69) is 230 Å². The first-order valence-corrected chi connectivity index (χ1v) is 30.3. The predicted molar refractivity (Wildman–Crippen MR) is 313 cm³/mol. The van der Waals surface area contributed by atoms with E-state index in [1.54, 1.807) is 0 Å². The van der Waals surface area contributed by atoms with Gasteiger partial charge in [0.15, 0.2) is 0 Å². The van der Waals surface area contributed by atoms with E-state index in [9.17, 15) is 0 Å². The summed E-state index contributed by atoms with van der Waals surface area (Å²) in [5.41, 5.74) is 23.7. The van der Waals surface area contributed by atoms with E-state index in [1.165, 1.54) is 141 Å². The van der Waals surface area contributed by atoms with Gasteiger partial charge >= 0.3 is 0 Å². The minimum Gasteiger partial charge on any atom is -0.311 e. The molecule has 0 unspecified atom stereocenters. The van der Waals surface area contributed by atoms with Crippen LogP contribution in [0, 0.1) is 6.92 Å². The summed E-state index contributed by atoms with van der Waals surface area (Å²) in [6, 6.07) is 42.5. The lowest BCUT2D eigenvalue weighted by Gasteiger charge is -2.48. The van der Waals surface area contributed by atoms with E-state index in [0.29, 0.717) is 0 Å². The lowest BCUT2D eigenvalue weighted by molar-refractivity contribution is 0.332. The minimum absolute atomic E-state index is 0.0152. The van der Waals surface area contributed by atoms with Crippen molar-refractivity contribution in [3.63, 3.8) is 0 Å². The molecule has 7 aromatic rings. The van der Waals surface area contributed by atoms with Crippen molar-refractivity contribution in [3.05, 3.63) is 142 Å². The quantitative estimate of drug-likeness (QED) is 0.162. The van der Waals surface area contributed by atoms with Crippen LogP contribution in [0.3, 0.4) is 0 Å². The monoisotopic (exact) mass is 957 g/mol. The van der Waals surface area contributed by atoms with Gasteiger partial charge in [0.25, 0.3) is 6.71 Å². The molecule has 2 aliphatic heterocycles. The number of aryl methyl sites for hydroxylation is 1. The molecule has 0 spiro atoms. The molecule has 0 fully saturated rings. The van der Waals surface area contributed by atoms with Gasteiger partial charge in [0.1, 0.15) is 0 Å². The van der Waals surface area contributed by atoms with E-state index in [1.807, 2.05) is 11.3 Å². The fourth-order valence-electron chi connectivity index (χ4n) is 12.8. The van der Waals surface area contributed by atoms with Crippen molar-refractivity contribution in [2.45, 2.75) is 175 Å². The molecule has 0 radical (unpaired) electrons. The number of hydrogen-bond donors (Lipinski definition) is 0. The molecule has 0 bridgehead atoms. The van der Waals surface area contributed by atoms with Crippen LogP contribution in [-0.2, 0) is 32.5 Å². The highest BCUT2D eigenvalue weighted by molar-refractivity contribution is 7.33. The van der Waals surface area contributed by atoms with Crippen LogP contribution in [-0.4, -0.2) is 15.5 Å². The van der Waals surface area contributed by atoms with Gasteiger partial charge in [0, 0.05) is 43.2 Å². The molecule has 0 saturated carbocycles. The van der Waals surface area contributed by atoms with Gasteiger partial charge < -0.3 is 9.80 Å². The van der Waals surface area contributed by atoms with Crippen LogP contribution < -0.4 is 30.7 Å². The zero-order valence-corrected chi connectivity index (χ0v) is 47.6. The summed E-state index contributed by atoms with van der Waals surface area (Å²) in [6.07, 6.45) is 4.71. The maximum Gasteiger partial charge on any atom is 0.264 e. The van der Waals surface area contributed by atoms with Crippen LogP contribution in [0.5, 0.6) is 0 Å². The molecule has 0 N–H and O–H groups in total. The Morgan fingerprint density at radius 1 is 0.529 bits per heavy atom. The van der Waals surface area contributed by atoms with Gasteiger partial charge in [-0.25, -0.2) is 0 Å². The van der Waals surface area contributed by atoms with Gasteiger partial charge in [-0.05, 0) is 175 Å². The zero-order chi connectivity index (χ0) is 50.0. The summed E-state index contributed by atoms with van der Waals surface area (Å²) >= 11 is 2.03. The average molecular weight is 957 g/mol. The van der Waals surface area contributed by atoms with E-state index in [4.69, 9.17) is 0 Å². The highest BCUT2D eigenvalue weighted by Crippen LogP contribution is 2.56. The standard InChI is InChI=1S/C65H77BN2SSi/c1-39-32-54-57-55(33-39)68(52-37-49-47(62(8,9)28-30-64(49,12)13)35-45(52)40-18-25-44(26-19-40)70(16)17)53-38-50-48(63(10,11)29-31-65(50,14)15)36-51(53)66(57)59-58(46-34-42(61(5,6)7)22-27-56(46)69-59)67(54)43-23-20-41(21-24-43)60(2,3)4/h18-27,32-38,70H,28-31H2,1-17H3. The second kappa shape index (κ2) is 15.6. The molecular weight excluding hydrogens is 880 g/mol. The van der Waals surface area contributed by atoms with Gasteiger partial charge in [-0.2, -0.15) is 0 Å². The van der Waals surface area contributed by atoms with Gasteiger partial charge in [-0.3, -0.25) is 0 Å². The smallest absolute Gasteiger partial charge is 0.264 e. The normalized spacial score (nSPS) is 18.3. The van der Waals surface area contributed by atoms with Gasteiger partial charge in [-0.15, -0.1) is 11.3 Å². The molecule has 2 nitrogen and oxygen atoms in total. The van der Waals surface area contributed by atoms with Crippen LogP contribution in [0.4, 0.5) is 34.1 Å². The Labute approximate surface area is 427 Å². The summed E-state index contributed by atoms with van der Waals surface area (Å²) < 4.78 is 2.81. The lowest BCUT2D eigenvalue weighted by atomic mass is 9.35. The molecule has 11 rings (SSSR count). The third-order valence-electron chi connectivity index (χ3n) is 17.7. The number of fused-ring (bicyclic) bond motifs is 8. The topological polar surface area (TPSA) is 6.48 Å². The molecule has 0 atom stereocenters. The molecule has 0 saturated heterocycles.